The van der Waals surface area contributed by atoms with Crippen LogP contribution in [0, 0.1) is 0 Å². The molecule has 0 spiro atoms. The number of hydrogen-bond acceptors (Lipinski definition) is 1. The van der Waals surface area contributed by atoms with Crippen LogP contribution in [0.15, 0.2) is 0 Å². The van der Waals surface area contributed by atoms with E-state index in [1.165, 1.54) is 0 Å². The molecule has 0 amide bonds. The van der Waals surface area contributed by atoms with Gasteiger partial charge in [-0.05, 0) is 0 Å². The summed E-state index contributed by atoms with van der Waals surface area (Å²) in [5.74, 6) is 0. The third kappa shape index (κ3) is 15.7. The first-order valence-corrected chi connectivity index (χ1v) is 2.30. The zero-order valence-electron chi connectivity index (χ0n) is 5.02. The molecule has 0 unspecified atom stereocenters. The second-order valence-corrected chi connectivity index (χ2v) is 2.41. The summed E-state index contributed by atoms with van der Waals surface area (Å²) < 4.78 is 4.69. The molecular formula is C4H9Cl2FeO. The first kappa shape index (κ1) is 16.0. The van der Waals surface area contributed by atoms with E-state index in [9.17, 15) is 0 Å². The first-order chi connectivity index (χ1) is 2.56. The van der Waals surface area contributed by atoms with Gasteiger partial charge in [-0.3, -0.25) is 0 Å². The fourth-order valence-electron chi connectivity index (χ4n) is 0. The van der Waals surface area contributed by atoms with E-state index in [1.807, 2.05) is 20.8 Å². The SMILES string of the molecule is CC(C)(C)[O][Fe+2].[Cl-].[Cl-]. The maximum Gasteiger partial charge on any atom is -1.00 e. The van der Waals surface area contributed by atoms with Gasteiger partial charge in [0.1, 0.15) is 0 Å². The molecule has 0 atom stereocenters. The van der Waals surface area contributed by atoms with Crippen molar-refractivity contribution < 1.29 is 45.0 Å². The van der Waals surface area contributed by atoms with Crippen molar-refractivity contribution >= 4 is 0 Å². The summed E-state index contributed by atoms with van der Waals surface area (Å²) in [6.45, 7) is 5.88. The monoisotopic (exact) mass is 199 g/mol. The van der Waals surface area contributed by atoms with Gasteiger partial charge in [-0.1, -0.05) is 0 Å². The van der Waals surface area contributed by atoms with Crippen LogP contribution in [0.1, 0.15) is 20.8 Å². The van der Waals surface area contributed by atoms with Crippen molar-refractivity contribution in [2.24, 2.45) is 0 Å². The molecule has 1 nitrogen and oxygen atoms in total. The van der Waals surface area contributed by atoms with Crippen LogP contribution in [0.5, 0.6) is 0 Å². The predicted octanol–water partition coefficient (Wildman–Crippen LogP) is -4.73. The van der Waals surface area contributed by atoms with Crippen LogP contribution in [-0.4, -0.2) is 5.60 Å². The summed E-state index contributed by atoms with van der Waals surface area (Å²) >= 11 is 3.26. The van der Waals surface area contributed by atoms with E-state index >= 15 is 0 Å². The maximum atomic E-state index is 4.69. The Bertz CT molecular complexity index is 43.8. The quantitative estimate of drug-likeness (QED) is 0.357. The Morgan fingerprint density at radius 1 is 1.12 bits per heavy atom. The molecule has 0 radical (unpaired) electrons. The molecule has 0 N–H and O–H groups in total. The second-order valence-electron chi connectivity index (χ2n) is 2.18. The molecule has 0 rings (SSSR count). The molecule has 0 fully saturated rings. The summed E-state index contributed by atoms with van der Waals surface area (Å²) in [6, 6.07) is 0. The summed E-state index contributed by atoms with van der Waals surface area (Å²) in [6.07, 6.45) is 0. The van der Waals surface area contributed by atoms with Crippen molar-refractivity contribution in [1.82, 2.24) is 0 Å². The van der Waals surface area contributed by atoms with Crippen LogP contribution in [0.2, 0.25) is 0 Å². The molecule has 0 saturated heterocycles. The molecule has 0 aromatic rings. The van der Waals surface area contributed by atoms with E-state index in [1.54, 1.807) is 0 Å². The Morgan fingerprint density at radius 2 is 1.25 bits per heavy atom. The third-order valence-electron chi connectivity index (χ3n) is 0.217. The minimum Gasteiger partial charge on any atom is -1.00 e. The standard InChI is InChI=1S/C4H9O.2ClH.Fe/c1-4(2,3)5;;;/h1-3H3;2*1H;/q-1;;;+3/p-2. The van der Waals surface area contributed by atoms with E-state index < -0.39 is 0 Å². The van der Waals surface area contributed by atoms with Crippen molar-refractivity contribution in [3.63, 3.8) is 0 Å². The second kappa shape index (κ2) is 6.18. The van der Waals surface area contributed by atoms with E-state index in [0.717, 1.165) is 0 Å². The molecule has 0 saturated carbocycles. The molecular weight excluding hydrogens is 191 g/mol. The summed E-state index contributed by atoms with van der Waals surface area (Å²) in [4.78, 5) is 0. The summed E-state index contributed by atoms with van der Waals surface area (Å²) in [7, 11) is 0. The van der Waals surface area contributed by atoms with E-state index in [2.05, 4.69) is 20.2 Å². The van der Waals surface area contributed by atoms with Gasteiger partial charge in [-0.2, -0.15) is 0 Å². The van der Waals surface area contributed by atoms with Crippen molar-refractivity contribution in [1.29, 1.82) is 0 Å². The van der Waals surface area contributed by atoms with Crippen LogP contribution in [0.25, 0.3) is 0 Å². The van der Waals surface area contributed by atoms with Gasteiger partial charge < -0.3 is 24.8 Å². The molecule has 0 aliphatic rings. The molecule has 53 valence electrons. The first-order valence-electron chi connectivity index (χ1n) is 1.85. The van der Waals surface area contributed by atoms with E-state index in [-0.39, 0.29) is 30.4 Å². The van der Waals surface area contributed by atoms with Gasteiger partial charge >= 0.3 is 46.5 Å². The average molecular weight is 200 g/mol. The molecule has 0 aliphatic carbocycles. The fourth-order valence-corrected chi connectivity index (χ4v) is 0. The fraction of sp³-hybridized carbons (Fsp3) is 1.00. The number of rotatable bonds is 0. The Kier molecular flexibility index (Phi) is 12.4. The Morgan fingerprint density at radius 3 is 1.25 bits per heavy atom. The normalized spacial score (nSPS) is 8.88. The predicted molar refractivity (Wildman–Crippen MR) is 20.8 cm³/mol. The van der Waals surface area contributed by atoms with Crippen molar-refractivity contribution in [2.75, 3.05) is 0 Å². The van der Waals surface area contributed by atoms with Gasteiger partial charge in [-0.15, -0.1) is 0 Å². The molecule has 0 aromatic carbocycles. The van der Waals surface area contributed by atoms with Crippen LogP contribution in [0.3, 0.4) is 0 Å². The minimum absolute atomic E-state index is 0. The van der Waals surface area contributed by atoms with Gasteiger partial charge in [-0.25, -0.2) is 0 Å². The number of hydrogen-bond donors (Lipinski definition) is 0. The topological polar surface area (TPSA) is 9.23 Å². The average Bonchev–Trinajstić information content (AvgIpc) is 1.35. The number of halogens is 2. The van der Waals surface area contributed by atoms with Gasteiger partial charge in [0.25, 0.3) is 0 Å². The summed E-state index contributed by atoms with van der Waals surface area (Å²) in [5, 5.41) is 0. The Balaban J connectivity index is -0.000000125. The maximum absolute atomic E-state index is 4.69. The summed E-state index contributed by atoms with van der Waals surface area (Å²) in [5.41, 5.74) is -0.0694. The van der Waals surface area contributed by atoms with Crippen LogP contribution < -0.4 is 24.8 Å². The van der Waals surface area contributed by atoms with Crippen molar-refractivity contribution in [2.45, 2.75) is 26.4 Å². The van der Waals surface area contributed by atoms with Crippen LogP contribution in [-0.2, 0) is 20.2 Å². The molecule has 0 heterocycles. The van der Waals surface area contributed by atoms with Gasteiger partial charge in [0.2, 0.25) is 0 Å². The molecule has 8 heavy (non-hydrogen) atoms. The molecule has 0 aromatic heterocycles. The largest absolute Gasteiger partial charge is 1.00 e. The Hall–Kier alpha value is 1.06. The minimum atomic E-state index is -0.0694. The molecule has 4 heteroatoms. The Labute approximate surface area is 71.5 Å². The molecule has 0 bridgehead atoms. The van der Waals surface area contributed by atoms with E-state index in [0.29, 0.717) is 0 Å². The van der Waals surface area contributed by atoms with Gasteiger partial charge in [0.05, 0.1) is 0 Å². The van der Waals surface area contributed by atoms with Crippen LogP contribution >= 0.6 is 0 Å². The van der Waals surface area contributed by atoms with Gasteiger partial charge in [0, 0.05) is 0 Å². The zero-order chi connectivity index (χ0) is 5.21. The van der Waals surface area contributed by atoms with Gasteiger partial charge in [0.15, 0.2) is 0 Å². The zero-order valence-corrected chi connectivity index (χ0v) is 7.63. The van der Waals surface area contributed by atoms with Crippen molar-refractivity contribution in [3.8, 4) is 0 Å². The van der Waals surface area contributed by atoms with Crippen LogP contribution in [0.4, 0.5) is 0 Å². The van der Waals surface area contributed by atoms with E-state index in [4.69, 9.17) is 0 Å². The van der Waals surface area contributed by atoms with Crippen molar-refractivity contribution in [3.05, 3.63) is 0 Å². The smallest absolute Gasteiger partial charge is 1.00 e. The third-order valence-corrected chi connectivity index (χ3v) is 0.893. The molecule has 0 aliphatic heterocycles.